The summed E-state index contributed by atoms with van der Waals surface area (Å²) in [5, 5.41) is 12.9. The molecule has 0 aromatic carbocycles. The first-order valence-corrected chi connectivity index (χ1v) is 7.17. The topological polar surface area (TPSA) is 68.0 Å². The summed E-state index contributed by atoms with van der Waals surface area (Å²) in [5.41, 5.74) is 1.89. The number of nitrogens with zero attached hydrogens (tertiary/aromatic N) is 5. The van der Waals surface area contributed by atoms with Gasteiger partial charge in [-0.15, -0.1) is 10.2 Å². The van der Waals surface area contributed by atoms with Gasteiger partial charge in [0, 0.05) is 30.7 Å². The first-order chi connectivity index (χ1) is 9.86. The van der Waals surface area contributed by atoms with E-state index in [0.29, 0.717) is 5.16 Å². The van der Waals surface area contributed by atoms with Crippen molar-refractivity contribution in [1.82, 2.24) is 29.9 Å². The minimum absolute atomic E-state index is 0.670. The van der Waals surface area contributed by atoms with Crippen molar-refractivity contribution in [3.63, 3.8) is 0 Å². The van der Waals surface area contributed by atoms with Crippen LogP contribution in [0.25, 0.3) is 5.65 Å². The smallest absolute Gasteiger partial charge is 0.203 e. The monoisotopic (exact) mass is 286 g/mol. The van der Waals surface area contributed by atoms with Crippen LogP contribution in [0.4, 0.5) is 0 Å². The Morgan fingerprint density at radius 3 is 2.85 bits per heavy atom. The van der Waals surface area contributed by atoms with Crippen molar-refractivity contribution in [2.75, 3.05) is 6.54 Å². The molecule has 0 unspecified atom stereocenters. The maximum atomic E-state index is 4.34. The minimum Gasteiger partial charge on any atom is -0.313 e. The van der Waals surface area contributed by atoms with E-state index >= 15 is 0 Å². The molecule has 0 saturated carbocycles. The quantitative estimate of drug-likeness (QED) is 0.721. The van der Waals surface area contributed by atoms with Crippen LogP contribution < -0.4 is 5.32 Å². The number of hydrogen-bond donors (Lipinski definition) is 1. The molecule has 0 aliphatic rings. The fourth-order valence-electron chi connectivity index (χ4n) is 1.73. The van der Waals surface area contributed by atoms with Gasteiger partial charge in [0.25, 0.3) is 0 Å². The molecule has 7 heteroatoms. The Morgan fingerprint density at radius 1 is 1.20 bits per heavy atom. The van der Waals surface area contributed by atoms with E-state index < -0.39 is 0 Å². The SMILES string of the molecule is CCNCc1cnc(Sc2nnc3ccccn23)nc1. The lowest BCUT2D eigenvalue weighted by atomic mass is 10.3. The zero-order valence-electron chi connectivity index (χ0n) is 11.0. The average molecular weight is 286 g/mol. The van der Waals surface area contributed by atoms with Crippen molar-refractivity contribution in [2.45, 2.75) is 23.8 Å². The number of pyridine rings is 1. The van der Waals surface area contributed by atoms with Gasteiger partial charge in [-0.2, -0.15) is 0 Å². The zero-order chi connectivity index (χ0) is 13.8. The van der Waals surface area contributed by atoms with E-state index in [1.807, 2.05) is 41.2 Å². The number of hydrogen-bond acceptors (Lipinski definition) is 6. The molecule has 20 heavy (non-hydrogen) atoms. The molecule has 0 spiro atoms. The maximum absolute atomic E-state index is 4.34. The van der Waals surface area contributed by atoms with Crippen LogP contribution in [0.5, 0.6) is 0 Å². The fourth-order valence-corrected chi connectivity index (χ4v) is 2.44. The van der Waals surface area contributed by atoms with Crippen LogP contribution in [-0.2, 0) is 6.54 Å². The number of aromatic nitrogens is 5. The Balaban J connectivity index is 1.77. The highest BCUT2D eigenvalue weighted by Crippen LogP contribution is 2.22. The van der Waals surface area contributed by atoms with Gasteiger partial charge in [-0.25, -0.2) is 9.97 Å². The molecule has 102 valence electrons. The molecule has 3 aromatic rings. The van der Waals surface area contributed by atoms with Gasteiger partial charge in [0.05, 0.1) is 0 Å². The molecule has 0 aliphatic carbocycles. The highest BCUT2D eigenvalue weighted by Gasteiger charge is 2.08. The summed E-state index contributed by atoms with van der Waals surface area (Å²) in [6.07, 6.45) is 5.60. The largest absolute Gasteiger partial charge is 0.313 e. The third-order valence-electron chi connectivity index (χ3n) is 2.73. The summed E-state index contributed by atoms with van der Waals surface area (Å²) in [4.78, 5) is 8.69. The van der Waals surface area contributed by atoms with Crippen molar-refractivity contribution >= 4 is 17.4 Å². The van der Waals surface area contributed by atoms with Gasteiger partial charge >= 0.3 is 0 Å². The molecule has 0 radical (unpaired) electrons. The molecular weight excluding hydrogens is 272 g/mol. The third kappa shape index (κ3) is 2.78. The van der Waals surface area contributed by atoms with Crippen molar-refractivity contribution in [3.8, 4) is 0 Å². The van der Waals surface area contributed by atoms with Gasteiger partial charge < -0.3 is 5.32 Å². The molecule has 0 aliphatic heterocycles. The van der Waals surface area contributed by atoms with Crippen LogP contribution in [0.1, 0.15) is 12.5 Å². The second kappa shape index (κ2) is 5.98. The Labute approximate surface area is 120 Å². The van der Waals surface area contributed by atoms with Crippen molar-refractivity contribution in [2.24, 2.45) is 0 Å². The fraction of sp³-hybridized carbons (Fsp3) is 0.231. The normalized spacial score (nSPS) is 11.1. The molecule has 0 amide bonds. The number of nitrogens with one attached hydrogen (secondary N) is 1. The molecule has 1 N–H and O–H groups in total. The highest BCUT2D eigenvalue weighted by atomic mass is 32.2. The van der Waals surface area contributed by atoms with Crippen LogP contribution >= 0.6 is 11.8 Å². The van der Waals surface area contributed by atoms with Gasteiger partial charge in [-0.3, -0.25) is 4.40 Å². The van der Waals surface area contributed by atoms with E-state index in [4.69, 9.17) is 0 Å². The molecule has 0 saturated heterocycles. The molecule has 3 aromatic heterocycles. The molecule has 3 rings (SSSR count). The van der Waals surface area contributed by atoms with Crippen LogP contribution in [0.15, 0.2) is 47.1 Å². The molecule has 0 bridgehead atoms. The lowest BCUT2D eigenvalue weighted by Gasteiger charge is -2.02. The summed E-state index contributed by atoms with van der Waals surface area (Å²) in [6.45, 7) is 3.79. The van der Waals surface area contributed by atoms with E-state index in [-0.39, 0.29) is 0 Å². The lowest BCUT2D eigenvalue weighted by molar-refractivity contribution is 0.716. The maximum Gasteiger partial charge on any atom is 0.203 e. The predicted octanol–water partition coefficient (Wildman–Crippen LogP) is 1.78. The van der Waals surface area contributed by atoms with Crippen LogP contribution in [0.3, 0.4) is 0 Å². The first kappa shape index (κ1) is 13.0. The number of fused-ring (bicyclic) bond motifs is 1. The van der Waals surface area contributed by atoms with Gasteiger partial charge in [-0.1, -0.05) is 13.0 Å². The van der Waals surface area contributed by atoms with E-state index in [2.05, 4.69) is 32.4 Å². The van der Waals surface area contributed by atoms with Gasteiger partial charge in [0.2, 0.25) is 5.16 Å². The van der Waals surface area contributed by atoms with E-state index in [0.717, 1.165) is 29.5 Å². The van der Waals surface area contributed by atoms with Crippen molar-refractivity contribution in [3.05, 3.63) is 42.4 Å². The first-order valence-electron chi connectivity index (χ1n) is 6.36. The average Bonchev–Trinajstić information content (AvgIpc) is 2.90. The van der Waals surface area contributed by atoms with E-state index in [9.17, 15) is 0 Å². The molecule has 0 fully saturated rings. The summed E-state index contributed by atoms with van der Waals surface area (Å²) in [5.74, 6) is 0. The number of rotatable bonds is 5. The second-order valence-corrected chi connectivity index (χ2v) is 5.10. The Kier molecular flexibility index (Phi) is 3.89. The van der Waals surface area contributed by atoms with Gasteiger partial charge in [-0.05, 0) is 30.4 Å². The lowest BCUT2D eigenvalue weighted by Crippen LogP contribution is -2.12. The third-order valence-corrected chi connectivity index (χ3v) is 3.58. The summed E-state index contributed by atoms with van der Waals surface area (Å²) in [7, 11) is 0. The predicted molar refractivity (Wildman–Crippen MR) is 76.5 cm³/mol. The highest BCUT2D eigenvalue weighted by molar-refractivity contribution is 7.99. The van der Waals surface area contributed by atoms with Crippen LogP contribution in [-0.4, -0.2) is 31.1 Å². The second-order valence-electron chi connectivity index (χ2n) is 4.17. The molecular formula is C13H14N6S. The van der Waals surface area contributed by atoms with Crippen molar-refractivity contribution in [1.29, 1.82) is 0 Å². The van der Waals surface area contributed by atoms with E-state index in [1.54, 1.807) is 0 Å². The summed E-state index contributed by atoms with van der Waals surface area (Å²) in [6, 6.07) is 5.79. The summed E-state index contributed by atoms with van der Waals surface area (Å²) < 4.78 is 1.92. The Morgan fingerprint density at radius 2 is 2.05 bits per heavy atom. The van der Waals surface area contributed by atoms with Gasteiger partial charge in [0.1, 0.15) is 0 Å². The Hall–Kier alpha value is -1.99. The minimum atomic E-state index is 0.670. The molecule has 0 atom stereocenters. The Bertz CT molecular complexity index is 693. The van der Waals surface area contributed by atoms with Crippen LogP contribution in [0, 0.1) is 0 Å². The zero-order valence-corrected chi connectivity index (χ0v) is 11.8. The van der Waals surface area contributed by atoms with Crippen LogP contribution in [0.2, 0.25) is 0 Å². The molecule has 6 nitrogen and oxygen atoms in total. The standard InChI is InChI=1S/C13H14N6S/c1-2-14-7-10-8-15-12(16-9-10)20-13-18-17-11-5-3-4-6-19(11)13/h3-6,8-9,14H,2,7H2,1H3. The molecule has 3 heterocycles. The van der Waals surface area contributed by atoms with Gasteiger partial charge in [0.15, 0.2) is 10.8 Å². The van der Waals surface area contributed by atoms with E-state index in [1.165, 1.54) is 11.8 Å². The van der Waals surface area contributed by atoms with Crippen molar-refractivity contribution < 1.29 is 0 Å². The summed E-state index contributed by atoms with van der Waals surface area (Å²) >= 11 is 1.40.